The molecule has 0 heterocycles. The molecule has 0 saturated heterocycles. The molecule has 0 spiro atoms. The molecule has 0 fully saturated rings. The van der Waals surface area contributed by atoms with Crippen LogP contribution in [0.15, 0.2) is 0 Å². The summed E-state index contributed by atoms with van der Waals surface area (Å²) in [5.74, 6) is 0. The van der Waals surface area contributed by atoms with Gasteiger partial charge in [0.05, 0.1) is 0 Å². The molecule has 5 heavy (non-hydrogen) atoms. The summed E-state index contributed by atoms with van der Waals surface area (Å²) in [7, 11) is 0. The Balaban J connectivity index is 2.85. The number of nitrogens with two attached hydrogens (primary N) is 1. The van der Waals surface area contributed by atoms with Gasteiger partial charge in [0, 0.05) is 0 Å². The van der Waals surface area contributed by atoms with E-state index in [9.17, 15) is 0 Å². The third-order valence-corrected chi connectivity index (χ3v) is 1.80. The van der Waals surface area contributed by atoms with Crippen molar-refractivity contribution in [1.82, 2.24) is 0 Å². The van der Waals surface area contributed by atoms with Gasteiger partial charge < -0.3 is 0 Å². The zero-order chi connectivity index (χ0) is 4.28. The first kappa shape index (κ1) is 6.22. The van der Waals surface area contributed by atoms with Gasteiger partial charge >= 0.3 is 54.5 Å². The van der Waals surface area contributed by atoms with Gasteiger partial charge in [-0.25, -0.2) is 0 Å². The van der Waals surface area contributed by atoms with Crippen LogP contribution in [0.1, 0.15) is 0 Å². The summed E-state index contributed by atoms with van der Waals surface area (Å²) in [6.07, 6.45) is 0. The van der Waals surface area contributed by atoms with Gasteiger partial charge in [0.25, 0.3) is 0 Å². The van der Waals surface area contributed by atoms with Crippen molar-refractivity contribution in [2.24, 2.45) is 5.14 Å². The van der Waals surface area contributed by atoms with Crippen LogP contribution >= 0.6 is 24.2 Å². The third kappa shape index (κ3) is 5.22. The molecular formula is CH4NS2Sb. The van der Waals surface area contributed by atoms with E-state index in [1.807, 2.05) is 0 Å². The summed E-state index contributed by atoms with van der Waals surface area (Å²) >= 11 is 6.75. The average molecular weight is 216 g/mol. The topological polar surface area (TPSA) is 26.0 Å². The van der Waals surface area contributed by atoms with Crippen LogP contribution in [0.5, 0.6) is 0 Å². The normalized spacial score (nSPS) is 7.60. The van der Waals surface area contributed by atoms with Crippen molar-refractivity contribution in [1.29, 1.82) is 0 Å². The SMILES string of the molecule is NS[C](=S)[SbH2]. The van der Waals surface area contributed by atoms with E-state index < -0.39 is 0 Å². The Morgan fingerprint density at radius 3 is 2.20 bits per heavy atom. The van der Waals surface area contributed by atoms with Crippen LogP contribution in [0.2, 0.25) is 0 Å². The molecule has 0 aliphatic rings. The van der Waals surface area contributed by atoms with E-state index >= 15 is 0 Å². The van der Waals surface area contributed by atoms with Crippen LogP contribution in [0.4, 0.5) is 0 Å². The van der Waals surface area contributed by atoms with Crippen molar-refractivity contribution < 1.29 is 0 Å². The molecule has 0 rings (SSSR count). The first-order chi connectivity index (χ1) is 2.27. The van der Waals surface area contributed by atoms with Gasteiger partial charge in [-0.1, -0.05) is 0 Å². The van der Waals surface area contributed by atoms with Gasteiger partial charge in [0.2, 0.25) is 0 Å². The van der Waals surface area contributed by atoms with Crippen LogP contribution in [0, 0.1) is 0 Å². The minimum absolute atomic E-state index is 0.912. The minimum atomic E-state index is 0.912. The summed E-state index contributed by atoms with van der Waals surface area (Å²) in [4.78, 5) is 0. The fourth-order valence-electron chi connectivity index (χ4n) is 0. The molecule has 0 aromatic heterocycles. The molecule has 1 nitrogen and oxygen atoms in total. The van der Waals surface area contributed by atoms with E-state index in [0.29, 0.717) is 0 Å². The van der Waals surface area contributed by atoms with Crippen LogP contribution in [0.3, 0.4) is 0 Å². The second-order valence-electron chi connectivity index (χ2n) is 0.437. The molecule has 0 saturated carbocycles. The van der Waals surface area contributed by atoms with Crippen LogP contribution in [-0.4, -0.2) is 25.2 Å². The number of hydrogen-bond acceptors (Lipinski definition) is 3. The van der Waals surface area contributed by atoms with E-state index in [1.54, 1.807) is 0 Å². The van der Waals surface area contributed by atoms with E-state index in [0.717, 1.165) is 25.2 Å². The van der Waals surface area contributed by atoms with Crippen molar-refractivity contribution in [3.05, 3.63) is 0 Å². The van der Waals surface area contributed by atoms with E-state index in [2.05, 4.69) is 12.2 Å². The Labute approximate surface area is 54.3 Å². The number of thiocarbonyl (C=S) groups is 1. The fourth-order valence-corrected chi connectivity index (χ4v) is 0. The Kier molecular flexibility index (Phi) is 4.24. The third-order valence-electron chi connectivity index (χ3n) is 0.116. The van der Waals surface area contributed by atoms with E-state index in [-0.39, 0.29) is 0 Å². The predicted octanol–water partition coefficient (Wildman–Crippen LogP) is -0.489. The average Bonchev–Trinajstić information content (AvgIpc) is 1.38. The Hall–Kier alpha value is 1.22. The Morgan fingerprint density at radius 1 is 2.00 bits per heavy atom. The molecule has 0 aliphatic heterocycles. The van der Waals surface area contributed by atoms with Crippen molar-refractivity contribution in [2.75, 3.05) is 0 Å². The molecule has 0 aromatic carbocycles. The number of hydrogen-bond donors (Lipinski definition) is 1. The molecule has 0 bridgehead atoms. The molecule has 4 heteroatoms. The quantitative estimate of drug-likeness (QED) is 0.336. The first-order valence-electron chi connectivity index (χ1n) is 0.933. The second-order valence-corrected chi connectivity index (χ2v) is 5.85. The maximum atomic E-state index is 4.98. The Morgan fingerprint density at radius 2 is 2.20 bits per heavy atom. The zero-order valence-corrected chi connectivity index (χ0v) is 7.40. The first-order valence-corrected chi connectivity index (χ1v) is 3.87. The van der Waals surface area contributed by atoms with Gasteiger partial charge in [0.1, 0.15) is 0 Å². The van der Waals surface area contributed by atoms with E-state index in [1.165, 1.54) is 11.9 Å². The van der Waals surface area contributed by atoms with Gasteiger partial charge in [-0.2, -0.15) is 0 Å². The monoisotopic (exact) mass is 215 g/mol. The molecule has 30 valence electrons. The molecule has 0 aromatic rings. The van der Waals surface area contributed by atoms with Gasteiger partial charge in [-0.3, -0.25) is 0 Å². The van der Waals surface area contributed by atoms with Crippen molar-refractivity contribution in [3.8, 4) is 0 Å². The fraction of sp³-hybridized carbons (Fsp3) is 0. The zero-order valence-electron chi connectivity index (χ0n) is 2.47. The Bertz CT molecular complexity index is 44.9. The summed E-state index contributed by atoms with van der Waals surface area (Å²) in [6, 6.07) is 0. The summed E-state index contributed by atoms with van der Waals surface area (Å²) in [5.41, 5.74) is 0. The molecular weight excluding hydrogens is 212 g/mol. The summed E-state index contributed by atoms with van der Waals surface area (Å²) in [6.45, 7) is 0. The predicted molar refractivity (Wildman–Crippen MR) is 32.9 cm³/mol. The van der Waals surface area contributed by atoms with Crippen molar-refractivity contribution in [2.45, 2.75) is 0 Å². The van der Waals surface area contributed by atoms with Crippen molar-refractivity contribution >= 4 is 49.3 Å². The molecule has 0 atom stereocenters. The molecule has 0 unspecified atom stereocenters. The van der Waals surface area contributed by atoms with Crippen LogP contribution in [-0.2, 0) is 0 Å². The van der Waals surface area contributed by atoms with Gasteiger partial charge in [-0.05, 0) is 0 Å². The van der Waals surface area contributed by atoms with Gasteiger partial charge in [0.15, 0.2) is 0 Å². The van der Waals surface area contributed by atoms with Gasteiger partial charge in [-0.15, -0.1) is 0 Å². The van der Waals surface area contributed by atoms with E-state index in [4.69, 9.17) is 5.14 Å². The summed E-state index contributed by atoms with van der Waals surface area (Å²) in [5, 5.41) is 4.98. The molecule has 2 N–H and O–H groups in total. The van der Waals surface area contributed by atoms with Crippen LogP contribution < -0.4 is 5.14 Å². The van der Waals surface area contributed by atoms with Crippen LogP contribution in [0.25, 0.3) is 0 Å². The number of rotatable bonds is 0. The maximum absolute atomic E-state index is 4.98. The standard InChI is InChI=1S/CH2NS2.Sb.2H/c2-4-1-3;;;/h2H2;;;. The van der Waals surface area contributed by atoms with Crippen molar-refractivity contribution in [3.63, 3.8) is 0 Å². The summed E-state index contributed by atoms with van der Waals surface area (Å²) < 4.78 is 0.912. The molecule has 0 amide bonds. The molecule has 0 aliphatic carbocycles. The second kappa shape index (κ2) is 3.41. The molecule has 0 radical (unpaired) electrons.